The third-order valence-corrected chi connectivity index (χ3v) is 8.42. The number of sulfonamides is 1. The molecule has 2 unspecified atom stereocenters. The Morgan fingerprint density at radius 2 is 2.00 bits per heavy atom. The van der Waals surface area contributed by atoms with Gasteiger partial charge in [-0.05, 0) is 54.8 Å². The van der Waals surface area contributed by atoms with Gasteiger partial charge in [0.15, 0.2) is 0 Å². The topological polar surface area (TPSA) is 73.5 Å². The number of carbonyl (C=O) groups is 1. The monoisotopic (exact) mass is 427 g/mol. The van der Waals surface area contributed by atoms with Crippen LogP contribution in [0.4, 0.5) is 4.39 Å². The minimum absolute atomic E-state index is 0.0303. The second kappa shape index (κ2) is 6.65. The smallest absolute Gasteiger partial charge is 0.244 e. The molecule has 1 aromatic heterocycles. The molecule has 2 aromatic carbocycles. The lowest BCUT2D eigenvalue weighted by Gasteiger charge is -2.27. The zero-order valence-electron chi connectivity index (χ0n) is 16.7. The molecule has 0 saturated carbocycles. The van der Waals surface area contributed by atoms with E-state index in [-0.39, 0.29) is 23.8 Å². The van der Waals surface area contributed by atoms with Gasteiger partial charge in [0.2, 0.25) is 15.9 Å². The minimum atomic E-state index is -3.62. The van der Waals surface area contributed by atoms with E-state index in [1.54, 1.807) is 27.4 Å². The van der Waals surface area contributed by atoms with Crippen molar-refractivity contribution < 1.29 is 17.6 Å². The number of fused-ring (bicyclic) bond motifs is 2. The molecule has 1 fully saturated rings. The molecule has 1 amide bonds. The number of hydrogen-bond donors (Lipinski definition) is 1. The first-order chi connectivity index (χ1) is 14.3. The van der Waals surface area contributed by atoms with Crippen molar-refractivity contribution in [3.8, 4) is 11.1 Å². The Hall–Kier alpha value is -2.71. The number of aromatic amines is 1. The molecular formula is C22H22FN3O3S. The van der Waals surface area contributed by atoms with Gasteiger partial charge in [0, 0.05) is 54.8 Å². The summed E-state index contributed by atoms with van der Waals surface area (Å²) in [5.41, 5.74) is 3.24. The van der Waals surface area contributed by atoms with E-state index in [4.69, 9.17) is 0 Å². The van der Waals surface area contributed by atoms with Gasteiger partial charge in [0.1, 0.15) is 5.82 Å². The van der Waals surface area contributed by atoms with Gasteiger partial charge in [-0.1, -0.05) is 6.07 Å². The summed E-state index contributed by atoms with van der Waals surface area (Å²) in [4.78, 5) is 16.8. The predicted octanol–water partition coefficient (Wildman–Crippen LogP) is 3.66. The number of benzene rings is 2. The van der Waals surface area contributed by atoms with Crippen molar-refractivity contribution in [1.82, 2.24) is 14.2 Å². The maximum atomic E-state index is 13.5. The number of H-pyrrole nitrogens is 1. The van der Waals surface area contributed by atoms with Crippen LogP contribution < -0.4 is 0 Å². The van der Waals surface area contributed by atoms with Crippen molar-refractivity contribution in [3.63, 3.8) is 0 Å². The molecule has 1 N–H and O–H groups in total. The summed E-state index contributed by atoms with van der Waals surface area (Å²) in [5.74, 6) is -0.339. The summed E-state index contributed by atoms with van der Waals surface area (Å²) in [5, 5.41) is 0.884. The van der Waals surface area contributed by atoms with Gasteiger partial charge in [-0.25, -0.2) is 12.8 Å². The van der Waals surface area contributed by atoms with Gasteiger partial charge in [0.25, 0.3) is 0 Å². The quantitative estimate of drug-likeness (QED) is 0.678. The highest BCUT2D eigenvalue weighted by molar-refractivity contribution is 7.89. The number of carbonyl (C=O) groups excluding carboxylic acids is 1. The van der Waals surface area contributed by atoms with E-state index in [0.29, 0.717) is 29.9 Å². The SMILES string of the molecule is CC(=O)N1CCC(N2C(C)c3cc(-c4c[nH]c5cc(F)ccc45)ccc3S2(=O)=O)C1. The van der Waals surface area contributed by atoms with Crippen LogP contribution in [0.25, 0.3) is 22.0 Å². The third-order valence-electron chi connectivity index (χ3n) is 6.32. The summed E-state index contributed by atoms with van der Waals surface area (Å²) in [6.07, 6.45) is 2.46. The molecule has 3 aromatic rings. The average Bonchev–Trinajstić information content (AvgIpc) is 3.38. The van der Waals surface area contributed by atoms with Gasteiger partial charge < -0.3 is 9.88 Å². The highest BCUT2D eigenvalue weighted by atomic mass is 32.2. The van der Waals surface area contributed by atoms with Crippen LogP contribution in [0.1, 0.15) is 31.9 Å². The first-order valence-electron chi connectivity index (χ1n) is 9.97. The molecule has 0 spiro atoms. The Balaban J connectivity index is 1.55. The lowest BCUT2D eigenvalue weighted by atomic mass is 9.99. The van der Waals surface area contributed by atoms with Crippen molar-refractivity contribution in [3.05, 3.63) is 54.0 Å². The third kappa shape index (κ3) is 2.78. The first-order valence-corrected chi connectivity index (χ1v) is 11.4. The van der Waals surface area contributed by atoms with Crippen molar-refractivity contribution >= 4 is 26.8 Å². The fourth-order valence-corrected chi connectivity index (χ4v) is 6.91. The lowest BCUT2D eigenvalue weighted by molar-refractivity contribution is -0.127. The van der Waals surface area contributed by atoms with Gasteiger partial charge in [-0.2, -0.15) is 4.31 Å². The van der Waals surface area contributed by atoms with Crippen molar-refractivity contribution in [2.75, 3.05) is 13.1 Å². The fourth-order valence-electron chi connectivity index (χ4n) is 4.82. The predicted molar refractivity (Wildman–Crippen MR) is 112 cm³/mol. The Kier molecular flexibility index (Phi) is 4.27. The Labute approximate surface area is 174 Å². The molecule has 5 rings (SSSR count). The van der Waals surface area contributed by atoms with Crippen LogP contribution >= 0.6 is 0 Å². The zero-order valence-corrected chi connectivity index (χ0v) is 17.5. The summed E-state index contributed by atoms with van der Waals surface area (Å²) in [6, 6.07) is 9.44. The van der Waals surface area contributed by atoms with Gasteiger partial charge >= 0.3 is 0 Å². The van der Waals surface area contributed by atoms with E-state index in [1.165, 1.54) is 19.1 Å². The molecule has 30 heavy (non-hydrogen) atoms. The molecule has 0 radical (unpaired) electrons. The summed E-state index contributed by atoms with van der Waals surface area (Å²) >= 11 is 0. The van der Waals surface area contributed by atoms with Crippen LogP contribution in [0.15, 0.2) is 47.5 Å². The molecule has 0 aliphatic carbocycles. The number of nitrogens with one attached hydrogen (secondary N) is 1. The van der Waals surface area contributed by atoms with Crippen LogP contribution in [-0.2, 0) is 14.8 Å². The Bertz CT molecular complexity index is 1280. The minimum Gasteiger partial charge on any atom is -0.360 e. The number of aromatic nitrogens is 1. The molecule has 2 atom stereocenters. The van der Waals surface area contributed by atoms with Crippen LogP contribution in [-0.4, -0.2) is 47.6 Å². The number of hydrogen-bond acceptors (Lipinski definition) is 3. The summed E-state index contributed by atoms with van der Waals surface area (Å²) in [6.45, 7) is 4.41. The molecule has 6 nitrogen and oxygen atoms in total. The first kappa shape index (κ1) is 19.3. The second-order valence-corrected chi connectivity index (χ2v) is 9.87. The van der Waals surface area contributed by atoms with Gasteiger partial charge in [-0.15, -0.1) is 0 Å². The molecule has 2 aliphatic rings. The fraction of sp³-hybridized carbons (Fsp3) is 0.318. The average molecular weight is 428 g/mol. The standard InChI is InChI=1S/C22H22FN3O3S/c1-13-19-9-15(20-11-24-21-10-16(23)4-5-18(20)21)3-6-22(19)30(28,29)26(13)17-7-8-25(12-17)14(2)27/h3-6,9-11,13,17,24H,7-8,12H2,1-2H3. The molecule has 3 heterocycles. The van der Waals surface area contributed by atoms with Crippen molar-refractivity contribution in [2.45, 2.75) is 37.2 Å². The second-order valence-electron chi connectivity index (χ2n) is 8.06. The van der Waals surface area contributed by atoms with E-state index in [0.717, 1.165) is 22.1 Å². The largest absolute Gasteiger partial charge is 0.360 e. The highest BCUT2D eigenvalue weighted by Crippen LogP contribution is 2.44. The summed E-state index contributed by atoms with van der Waals surface area (Å²) < 4.78 is 41.6. The number of nitrogens with zero attached hydrogens (tertiary/aromatic N) is 2. The van der Waals surface area contributed by atoms with Crippen molar-refractivity contribution in [1.29, 1.82) is 0 Å². The van der Waals surface area contributed by atoms with E-state index in [1.807, 2.05) is 19.2 Å². The van der Waals surface area contributed by atoms with E-state index in [9.17, 15) is 17.6 Å². The maximum Gasteiger partial charge on any atom is 0.244 e. The van der Waals surface area contributed by atoms with E-state index in [2.05, 4.69) is 4.98 Å². The lowest BCUT2D eigenvalue weighted by Crippen LogP contribution is -2.40. The van der Waals surface area contributed by atoms with E-state index >= 15 is 0 Å². The van der Waals surface area contributed by atoms with Crippen molar-refractivity contribution in [2.24, 2.45) is 0 Å². The maximum absolute atomic E-state index is 13.5. The zero-order chi connectivity index (χ0) is 21.2. The number of amides is 1. The Morgan fingerprint density at radius 3 is 2.73 bits per heavy atom. The van der Waals surface area contributed by atoms with Crippen LogP contribution in [0.5, 0.6) is 0 Å². The molecule has 1 saturated heterocycles. The van der Waals surface area contributed by atoms with Gasteiger partial charge in [0.05, 0.1) is 4.90 Å². The van der Waals surface area contributed by atoms with Gasteiger partial charge in [-0.3, -0.25) is 4.79 Å². The molecule has 0 bridgehead atoms. The molecule has 8 heteroatoms. The Morgan fingerprint density at radius 1 is 1.20 bits per heavy atom. The normalized spacial score (nSPS) is 23.2. The van der Waals surface area contributed by atoms with Crippen LogP contribution in [0.2, 0.25) is 0 Å². The number of likely N-dealkylation sites (tertiary alicyclic amines) is 1. The molecule has 2 aliphatic heterocycles. The molecule has 156 valence electrons. The number of rotatable bonds is 2. The summed E-state index contributed by atoms with van der Waals surface area (Å²) in [7, 11) is -3.62. The van der Waals surface area contributed by atoms with Crippen LogP contribution in [0, 0.1) is 5.82 Å². The molecular weight excluding hydrogens is 405 g/mol. The van der Waals surface area contributed by atoms with Crippen LogP contribution in [0.3, 0.4) is 0 Å². The van der Waals surface area contributed by atoms with E-state index < -0.39 is 10.0 Å². The number of halogens is 1. The highest BCUT2D eigenvalue weighted by Gasteiger charge is 2.46.